The summed E-state index contributed by atoms with van der Waals surface area (Å²) in [5.74, 6) is 2.57. The summed E-state index contributed by atoms with van der Waals surface area (Å²) >= 11 is 0. The highest BCUT2D eigenvalue weighted by molar-refractivity contribution is 5.90. The molecule has 1 aromatic heterocycles. The summed E-state index contributed by atoms with van der Waals surface area (Å²) in [6, 6.07) is 7.63. The average Bonchev–Trinajstić information content (AvgIpc) is 3.30. The number of carbonyl (C=O) groups is 1. The highest BCUT2D eigenvalue weighted by atomic mass is 16.5. The molecule has 1 aromatic carbocycles. The lowest BCUT2D eigenvalue weighted by Crippen LogP contribution is -2.50. The molecule has 3 heterocycles. The van der Waals surface area contributed by atoms with Crippen molar-refractivity contribution in [3.63, 3.8) is 0 Å². The van der Waals surface area contributed by atoms with Crippen molar-refractivity contribution in [1.82, 2.24) is 14.9 Å². The van der Waals surface area contributed by atoms with Gasteiger partial charge in [0.25, 0.3) is 0 Å². The van der Waals surface area contributed by atoms with Crippen molar-refractivity contribution >= 4 is 23.5 Å². The Morgan fingerprint density at radius 3 is 2.37 bits per heavy atom. The number of piperazine rings is 1. The Kier molecular flexibility index (Phi) is 5.92. The van der Waals surface area contributed by atoms with Crippen LogP contribution in [0.4, 0.5) is 22.2 Å². The highest BCUT2D eigenvalue weighted by Crippen LogP contribution is 2.23. The molecule has 0 radical (unpaired) electrons. The fraction of sp³-hybridized carbons (Fsp3) is 0.500. The lowest BCUT2D eigenvalue weighted by molar-refractivity contribution is 0.208. The minimum absolute atomic E-state index is 0.0699. The van der Waals surface area contributed by atoms with Gasteiger partial charge < -0.3 is 24.8 Å². The molecule has 2 amide bonds. The molecule has 0 bridgehead atoms. The monoisotopic (exact) mass is 410 g/mol. The maximum Gasteiger partial charge on any atom is 0.321 e. The normalized spacial score (nSPS) is 16.7. The minimum Gasteiger partial charge on any atom is -0.497 e. The second-order valence-corrected chi connectivity index (χ2v) is 7.95. The number of carbonyl (C=O) groups excluding carboxylic acids is 1. The van der Waals surface area contributed by atoms with E-state index in [1.54, 1.807) is 7.11 Å². The van der Waals surface area contributed by atoms with Crippen LogP contribution in [0.15, 0.2) is 24.3 Å². The molecule has 2 aliphatic heterocycles. The number of urea groups is 1. The van der Waals surface area contributed by atoms with E-state index in [1.807, 2.05) is 43.0 Å². The third kappa shape index (κ3) is 4.42. The summed E-state index contributed by atoms with van der Waals surface area (Å²) < 4.78 is 5.23. The Morgan fingerprint density at radius 1 is 0.967 bits per heavy atom. The van der Waals surface area contributed by atoms with Gasteiger partial charge in [0.1, 0.15) is 11.6 Å². The van der Waals surface area contributed by atoms with Gasteiger partial charge in [-0.2, -0.15) is 4.98 Å². The van der Waals surface area contributed by atoms with E-state index in [-0.39, 0.29) is 6.03 Å². The van der Waals surface area contributed by atoms with Gasteiger partial charge in [-0.25, -0.2) is 9.78 Å². The van der Waals surface area contributed by atoms with Gasteiger partial charge in [-0.3, -0.25) is 0 Å². The number of anilines is 3. The molecule has 30 heavy (non-hydrogen) atoms. The molecule has 8 heteroatoms. The molecule has 0 saturated carbocycles. The van der Waals surface area contributed by atoms with Crippen molar-refractivity contribution in [2.45, 2.75) is 26.7 Å². The molecule has 0 spiro atoms. The molecular formula is C22H30N6O2. The maximum atomic E-state index is 12.7. The number of hydrogen-bond acceptors (Lipinski definition) is 6. The number of aromatic nitrogens is 2. The zero-order valence-electron chi connectivity index (χ0n) is 18.0. The first kappa shape index (κ1) is 20.3. The van der Waals surface area contributed by atoms with Crippen LogP contribution in [0.25, 0.3) is 0 Å². The number of amides is 2. The summed E-state index contributed by atoms with van der Waals surface area (Å²) in [5.41, 5.74) is 2.77. The van der Waals surface area contributed by atoms with E-state index < -0.39 is 0 Å². The van der Waals surface area contributed by atoms with Gasteiger partial charge in [0.15, 0.2) is 0 Å². The highest BCUT2D eigenvalue weighted by Gasteiger charge is 2.24. The zero-order chi connectivity index (χ0) is 21.1. The zero-order valence-corrected chi connectivity index (χ0v) is 18.0. The number of nitrogens with one attached hydrogen (secondary N) is 1. The second-order valence-electron chi connectivity index (χ2n) is 7.95. The van der Waals surface area contributed by atoms with Crippen LogP contribution in [0.3, 0.4) is 0 Å². The second kappa shape index (κ2) is 8.77. The van der Waals surface area contributed by atoms with Gasteiger partial charge in [-0.05, 0) is 50.5 Å². The lowest BCUT2D eigenvalue weighted by Gasteiger charge is -2.35. The molecule has 2 aliphatic rings. The molecule has 0 atom stereocenters. The van der Waals surface area contributed by atoms with Crippen molar-refractivity contribution < 1.29 is 9.53 Å². The Bertz CT molecular complexity index is 904. The number of nitrogens with zero attached hydrogens (tertiary/aromatic N) is 5. The Hall–Kier alpha value is -3.03. The van der Waals surface area contributed by atoms with E-state index in [2.05, 4.69) is 20.1 Å². The number of benzene rings is 1. The number of hydrogen-bond donors (Lipinski definition) is 1. The quantitative estimate of drug-likeness (QED) is 0.835. The van der Waals surface area contributed by atoms with E-state index in [9.17, 15) is 4.79 Å². The minimum atomic E-state index is -0.0699. The van der Waals surface area contributed by atoms with Crippen LogP contribution in [0.2, 0.25) is 0 Å². The standard InChI is InChI=1S/C22H30N6O2/c1-16-14-18(30-3)6-7-19(16)24-22(29)28-12-10-26(11-13-28)20-15-17(2)23-21(25-20)27-8-4-5-9-27/h6-7,14-15H,4-5,8-13H2,1-3H3,(H,24,29). The number of methoxy groups -OCH3 is 1. The molecular weight excluding hydrogens is 380 g/mol. The third-order valence-corrected chi connectivity index (χ3v) is 5.78. The van der Waals surface area contributed by atoms with Crippen LogP contribution in [0.5, 0.6) is 5.75 Å². The number of aryl methyl sites for hydroxylation is 2. The maximum absolute atomic E-state index is 12.7. The molecule has 2 aromatic rings. The fourth-order valence-corrected chi connectivity index (χ4v) is 3.99. The predicted octanol–water partition coefficient (Wildman–Crippen LogP) is 3.06. The van der Waals surface area contributed by atoms with E-state index in [1.165, 1.54) is 12.8 Å². The molecule has 0 unspecified atom stereocenters. The van der Waals surface area contributed by atoms with Crippen LogP contribution in [-0.2, 0) is 0 Å². The first-order valence-electron chi connectivity index (χ1n) is 10.6. The molecule has 160 valence electrons. The summed E-state index contributed by atoms with van der Waals surface area (Å²) in [7, 11) is 1.64. The van der Waals surface area contributed by atoms with Gasteiger partial charge in [-0.1, -0.05) is 0 Å². The summed E-state index contributed by atoms with van der Waals surface area (Å²) in [6.07, 6.45) is 2.40. The Morgan fingerprint density at radius 2 is 1.70 bits per heavy atom. The summed E-state index contributed by atoms with van der Waals surface area (Å²) in [5, 5.41) is 3.02. The summed E-state index contributed by atoms with van der Waals surface area (Å²) in [6.45, 7) is 8.86. The SMILES string of the molecule is COc1ccc(NC(=O)N2CCN(c3cc(C)nc(N4CCCC4)n3)CC2)c(C)c1. The first-order chi connectivity index (χ1) is 14.5. The molecule has 8 nitrogen and oxygen atoms in total. The fourth-order valence-electron chi connectivity index (χ4n) is 3.99. The summed E-state index contributed by atoms with van der Waals surface area (Å²) in [4.78, 5) is 28.5. The Balaban J connectivity index is 1.37. The number of rotatable bonds is 4. The topological polar surface area (TPSA) is 73.8 Å². The van der Waals surface area contributed by atoms with Crippen molar-refractivity contribution in [3.8, 4) is 5.75 Å². The number of ether oxygens (including phenoxy) is 1. The first-order valence-corrected chi connectivity index (χ1v) is 10.6. The molecule has 2 fully saturated rings. The van der Waals surface area contributed by atoms with E-state index in [0.29, 0.717) is 13.1 Å². The van der Waals surface area contributed by atoms with Crippen LogP contribution in [0, 0.1) is 13.8 Å². The molecule has 4 rings (SSSR count). The van der Waals surface area contributed by atoms with Crippen LogP contribution < -0.4 is 19.9 Å². The van der Waals surface area contributed by atoms with Crippen molar-refractivity contribution in [3.05, 3.63) is 35.5 Å². The van der Waals surface area contributed by atoms with Gasteiger partial charge in [0.2, 0.25) is 5.95 Å². The van der Waals surface area contributed by atoms with Crippen molar-refractivity contribution in [2.24, 2.45) is 0 Å². The molecule has 0 aliphatic carbocycles. The van der Waals surface area contributed by atoms with E-state index >= 15 is 0 Å². The molecule has 2 saturated heterocycles. The smallest absolute Gasteiger partial charge is 0.321 e. The largest absolute Gasteiger partial charge is 0.497 e. The average molecular weight is 411 g/mol. The van der Waals surface area contributed by atoms with Gasteiger partial charge in [-0.15, -0.1) is 0 Å². The van der Waals surface area contributed by atoms with Crippen LogP contribution in [-0.4, -0.2) is 67.3 Å². The van der Waals surface area contributed by atoms with Gasteiger partial charge >= 0.3 is 6.03 Å². The molecule has 1 N–H and O–H groups in total. The lowest BCUT2D eigenvalue weighted by atomic mass is 10.2. The van der Waals surface area contributed by atoms with Crippen molar-refractivity contribution in [2.75, 3.05) is 61.5 Å². The van der Waals surface area contributed by atoms with Gasteiger partial charge in [0.05, 0.1) is 7.11 Å². The van der Waals surface area contributed by atoms with Crippen molar-refractivity contribution in [1.29, 1.82) is 0 Å². The van der Waals surface area contributed by atoms with E-state index in [4.69, 9.17) is 9.72 Å². The van der Waals surface area contributed by atoms with Crippen LogP contribution >= 0.6 is 0 Å². The van der Waals surface area contributed by atoms with Crippen LogP contribution in [0.1, 0.15) is 24.1 Å². The van der Waals surface area contributed by atoms with Gasteiger partial charge in [0, 0.05) is 56.7 Å². The predicted molar refractivity (Wildman–Crippen MR) is 119 cm³/mol. The van der Waals surface area contributed by atoms with E-state index in [0.717, 1.165) is 60.6 Å². The third-order valence-electron chi connectivity index (χ3n) is 5.78. The Labute approximate surface area is 177 Å².